The van der Waals surface area contributed by atoms with Gasteiger partial charge in [0.05, 0.1) is 12.9 Å². The van der Waals surface area contributed by atoms with E-state index in [0.29, 0.717) is 5.92 Å². The number of ether oxygens (including phenoxy) is 1. The van der Waals surface area contributed by atoms with Gasteiger partial charge in [-0.25, -0.2) is 0 Å². The van der Waals surface area contributed by atoms with Crippen molar-refractivity contribution in [3.8, 4) is 0 Å². The van der Waals surface area contributed by atoms with Gasteiger partial charge in [0.15, 0.2) is 0 Å². The van der Waals surface area contributed by atoms with E-state index in [2.05, 4.69) is 44.2 Å². The molecular weight excluding hydrogens is 268 g/mol. The number of rotatable bonds is 7. The van der Waals surface area contributed by atoms with Crippen molar-refractivity contribution in [2.75, 3.05) is 6.61 Å². The van der Waals surface area contributed by atoms with Crippen LogP contribution in [0.4, 0.5) is 0 Å². The summed E-state index contributed by atoms with van der Waals surface area (Å²) in [7, 11) is 0. The van der Waals surface area contributed by atoms with E-state index in [-0.39, 0.29) is 0 Å². The molecule has 2 saturated carbocycles. The summed E-state index contributed by atoms with van der Waals surface area (Å²) in [6.07, 6.45) is 22.0. The van der Waals surface area contributed by atoms with Crippen molar-refractivity contribution < 1.29 is 4.74 Å². The van der Waals surface area contributed by atoms with E-state index in [4.69, 9.17) is 4.74 Å². The summed E-state index contributed by atoms with van der Waals surface area (Å²) in [6.45, 7) is 7.29. The van der Waals surface area contributed by atoms with Crippen molar-refractivity contribution in [3.63, 3.8) is 0 Å². The predicted molar refractivity (Wildman–Crippen MR) is 95.5 cm³/mol. The molecule has 2 fully saturated rings. The Kier molecular flexibility index (Phi) is 7.29. The highest BCUT2D eigenvalue weighted by atomic mass is 16.5. The number of hydrogen-bond donors (Lipinski definition) is 0. The van der Waals surface area contributed by atoms with E-state index in [1.54, 1.807) is 0 Å². The van der Waals surface area contributed by atoms with Crippen LogP contribution < -0.4 is 0 Å². The van der Waals surface area contributed by atoms with Gasteiger partial charge in [0.25, 0.3) is 0 Å². The van der Waals surface area contributed by atoms with Crippen molar-refractivity contribution in [1.29, 1.82) is 0 Å². The molecule has 22 heavy (non-hydrogen) atoms. The van der Waals surface area contributed by atoms with Gasteiger partial charge < -0.3 is 4.74 Å². The maximum Gasteiger partial charge on any atom is 0.0845 e. The molecule has 0 aromatic carbocycles. The predicted octanol–water partition coefficient (Wildman–Crippen LogP) is 6.14. The largest absolute Gasteiger partial charge is 0.502 e. The van der Waals surface area contributed by atoms with Crippen LogP contribution in [0, 0.1) is 29.6 Å². The highest BCUT2D eigenvalue weighted by Crippen LogP contribution is 2.41. The normalized spacial score (nSPS) is 36.2. The third kappa shape index (κ3) is 5.04. The zero-order valence-corrected chi connectivity index (χ0v) is 14.7. The molecule has 1 nitrogen and oxygen atoms in total. The number of hydrogen-bond acceptors (Lipinski definition) is 1. The molecule has 0 aliphatic heterocycles. The Labute approximate surface area is 137 Å². The molecule has 0 aromatic heterocycles. The fourth-order valence-electron chi connectivity index (χ4n) is 4.31. The van der Waals surface area contributed by atoms with Gasteiger partial charge in [-0.3, -0.25) is 0 Å². The highest BCUT2D eigenvalue weighted by molar-refractivity contribution is 5.04. The van der Waals surface area contributed by atoms with Crippen LogP contribution in [0.5, 0.6) is 0 Å². The first-order valence-corrected chi connectivity index (χ1v) is 9.36. The van der Waals surface area contributed by atoms with E-state index in [1.165, 1.54) is 38.5 Å². The third-order valence-corrected chi connectivity index (χ3v) is 5.53. The molecular formula is C21H34O. The lowest BCUT2D eigenvalue weighted by atomic mass is 9.94. The maximum atomic E-state index is 5.39. The van der Waals surface area contributed by atoms with Crippen molar-refractivity contribution in [1.82, 2.24) is 0 Å². The van der Waals surface area contributed by atoms with Crippen LogP contribution in [-0.4, -0.2) is 6.61 Å². The Bertz CT molecular complexity index is 393. The van der Waals surface area contributed by atoms with Crippen LogP contribution in [0.3, 0.4) is 0 Å². The standard InChI is InChI=1S/C21H34O/c1-4-7-17-8-9-18(14-17)10-11-19-15-20(5-2)21(16-19)12-13-22-6-3/h4,7,10-13,17-21H,5-6,8-9,14-16H2,1-3H3/b7-4+,11-10-,13-12+. The van der Waals surface area contributed by atoms with Gasteiger partial charge in [-0.1, -0.05) is 37.6 Å². The van der Waals surface area contributed by atoms with Gasteiger partial charge in [-0.2, -0.15) is 0 Å². The second-order valence-electron chi connectivity index (χ2n) is 7.09. The smallest absolute Gasteiger partial charge is 0.0845 e. The third-order valence-electron chi connectivity index (χ3n) is 5.53. The molecule has 0 heterocycles. The summed E-state index contributed by atoms with van der Waals surface area (Å²) in [5.74, 6) is 3.98. The van der Waals surface area contributed by atoms with Crippen LogP contribution >= 0.6 is 0 Å². The molecule has 0 N–H and O–H groups in total. The van der Waals surface area contributed by atoms with E-state index in [1.807, 2.05) is 13.2 Å². The van der Waals surface area contributed by atoms with Gasteiger partial charge in [0, 0.05) is 0 Å². The first-order valence-electron chi connectivity index (χ1n) is 9.36. The van der Waals surface area contributed by atoms with Crippen LogP contribution in [0.25, 0.3) is 0 Å². The van der Waals surface area contributed by atoms with Crippen LogP contribution in [-0.2, 0) is 4.74 Å². The van der Waals surface area contributed by atoms with Gasteiger partial charge in [0.2, 0.25) is 0 Å². The first-order chi connectivity index (χ1) is 10.8. The summed E-state index contributed by atoms with van der Waals surface area (Å²) in [5, 5.41) is 0. The van der Waals surface area contributed by atoms with E-state index in [9.17, 15) is 0 Å². The minimum Gasteiger partial charge on any atom is -0.502 e. The lowest BCUT2D eigenvalue weighted by molar-refractivity contribution is 0.264. The van der Waals surface area contributed by atoms with Crippen molar-refractivity contribution >= 4 is 0 Å². The lowest BCUT2D eigenvalue weighted by Crippen LogP contribution is -2.03. The molecule has 1 heteroatoms. The Morgan fingerprint density at radius 3 is 2.27 bits per heavy atom. The molecule has 2 aliphatic rings. The molecule has 0 bridgehead atoms. The average molecular weight is 303 g/mol. The molecule has 2 aliphatic carbocycles. The molecule has 0 amide bonds. The van der Waals surface area contributed by atoms with E-state index >= 15 is 0 Å². The lowest BCUT2D eigenvalue weighted by Gasteiger charge is -2.12. The Morgan fingerprint density at radius 2 is 1.59 bits per heavy atom. The summed E-state index contributed by atoms with van der Waals surface area (Å²) in [5.41, 5.74) is 0. The fraction of sp³-hybridized carbons (Fsp3) is 0.714. The SMILES string of the molecule is C/C=C/C1CCC(/C=C\C2CC(/C=C/OCC)C(CC)C2)C1. The monoisotopic (exact) mass is 302 g/mol. The summed E-state index contributed by atoms with van der Waals surface area (Å²) >= 11 is 0. The minimum atomic E-state index is 0.713. The highest BCUT2D eigenvalue weighted by Gasteiger charge is 2.30. The van der Waals surface area contributed by atoms with Gasteiger partial charge >= 0.3 is 0 Å². The fourth-order valence-corrected chi connectivity index (χ4v) is 4.31. The molecule has 5 unspecified atom stereocenters. The van der Waals surface area contributed by atoms with Crippen molar-refractivity contribution in [2.24, 2.45) is 29.6 Å². The van der Waals surface area contributed by atoms with Crippen LogP contribution in [0.15, 0.2) is 36.6 Å². The quantitative estimate of drug-likeness (QED) is 0.405. The Balaban J connectivity index is 1.82. The van der Waals surface area contributed by atoms with Crippen LogP contribution in [0.2, 0.25) is 0 Å². The molecule has 124 valence electrons. The summed E-state index contributed by atoms with van der Waals surface area (Å²) < 4.78 is 5.39. The van der Waals surface area contributed by atoms with E-state index < -0.39 is 0 Å². The minimum absolute atomic E-state index is 0.713. The maximum absolute atomic E-state index is 5.39. The molecule has 0 aromatic rings. The van der Waals surface area contributed by atoms with Gasteiger partial charge in [-0.05, 0) is 81.6 Å². The van der Waals surface area contributed by atoms with Gasteiger partial charge in [-0.15, -0.1) is 0 Å². The van der Waals surface area contributed by atoms with Crippen molar-refractivity contribution in [2.45, 2.75) is 59.3 Å². The van der Waals surface area contributed by atoms with Crippen LogP contribution in [0.1, 0.15) is 59.3 Å². The first kappa shape index (κ1) is 17.4. The molecule has 0 spiro atoms. The summed E-state index contributed by atoms with van der Waals surface area (Å²) in [6, 6.07) is 0. The molecule has 2 rings (SSSR count). The zero-order valence-electron chi connectivity index (χ0n) is 14.7. The second-order valence-corrected chi connectivity index (χ2v) is 7.09. The number of allylic oxidation sites excluding steroid dienone is 5. The zero-order chi connectivity index (χ0) is 15.8. The second kappa shape index (κ2) is 9.22. The topological polar surface area (TPSA) is 9.23 Å². The van der Waals surface area contributed by atoms with E-state index in [0.717, 1.165) is 30.3 Å². The Hall–Kier alpha value is -0.980. The molecule has 0 radical (unpaired) electrons. The molecule has 0 saturated heterocycles. The summed E-state index contributed by atoms with van der Waals surface area (Å²) in [4.78, 5) is 0. The van der Waals surface area contributed by atoms with Crippen molar-refractivity contribution in [3.05, 3.63) is 36.6 Å². The van der Waals surface area contributed by atoms with Gasteiger partial charge in [0.1, 0.15) is 0 Å². The average Bonchev–Trinajstić information content (AvgIpc) is 3.12. The Morgan fingerprint density at radius 1 is 0.864 bits per heavy atom. The molecule has 5 atom stereocenters.